The van der Waals surface area contributed by atoms with E-state index in [0.717, 1.165) is 5.56 Å². The second kappa shape index (κ2) is 7.21. The molecule has 0 bridgehead atoms. The highest BCUT2D eigenvalue weighted by atomic mass is 19.4. The highest BCUT2D eigenvalue weighted by molar-refractivity contribution is 5.80. The summed E-state index contributed by atoms with van der Waals surface area (Å²) in [4.78, 5) is 13.3. The van der Waals surface area contributed by atoms with E-state index in [1.54, 1.807) is 12.1 Å². The van der Waals surface area contributed by atoms with Crippen LogP contribution in [0.2, 0.25) is 0 Å². The second-order valence-electron chi connectivity index (χ2n) is 5.73. The molecule has 23 heavy (non-hydrogen) atoms. The molecule has 4 nitrogen and oxygen atoms in total. The fourth-order valence-corrected chi connectivity index (χ4v) is 2.60. The summed E-state index contributed by atoms with van der Waals surface area (Å²) in [5.41, 5.74) is 0.873. The molecule has 1 aliphatic heterocycles. The van der Waals surface area contributed by atoms with Crippen LogP contribution in [0.1, 0.15) is 18.4 Å². The van der Waals surface area contributed by atoms with Crippen molar-refractivity contribution in [1.29, 1.82) is 0 Å². The molecule has 0 aromatic heterocycles. The molecule has 128 valence electrons. The number of aryl methyl sites for hydroxylation is 1. The monoisotopic (exact) mass is 331 g/mol. The van der Waals surface area contributed by atoms with Crippen LogP contribution < -0.4 is 4.74 Å². The first kappa shape index (κ1) is 17.6. The number of aliphatic hydroxyl groups excluding tert-OH is 1. The maximum atomic E-state index is 12.6. The summed E-state index contributed by atoms with van der Waals surface area (Å²) >= 11 is 0. The summed E-state index contributed by atoms with van der Waals surface area (Å²) in [6.07, 6.45) is -5.85. The average Bonchev–Trinajstić information content (AvgIpc) is 2.52. The molecule has 0 spiro atoms. The minimum Gasteiger partial charge on any atom is -0.490 e. The number of para-hydroxylation sites is 1. The Morgan fingerprint density at radius 3 is 2.52 bits per heavy atom. The van der Waals surface area contributed by atoms with Crippen molar-refractivity contribution in [3.63, 3.8) is 0 Å². The van der Waals surface area contributed by atoms with E-state index >= 15 is 0 Å². The van der Waals surface area contributed by atoms with Crippen LogP contribution in [0.15, 0.2) is 24.3 Å². The van der Waals surface area contributed by atoms with Crippen molar-refractivity contribution in [2.45, 2.75) is 32.0 Å². The van der Waals surface area contributed by atoms with Crippen LogP contribution >= 0.6 is 0 Å². The molecule has 1 fully saturated rings. The number of aliphatic hydroxyl groups is 1. The van der Waals surface area contributed by atoms with E-state index in [0.29, 0.717) is 5.75 Å². The molecule has 2 rings (SSSR count). The van der Waals surface area contributed by atoms with Crippen LogP contribution in [-0.4, -0.2) is 47.9 Å². The Morgan fingerprint density at radius 1 is 1.35 bits per heavy atom. The average molecular weight is 331 g/mol. The van der Waals surface area contributed by atoms with Crippen molar-refractivity contribution >= 4 is 5.91 Å². The lowest BCUT2D eigenvalue weighted by molar-refractivity contribution is -0.187. The molecular weight excluding hydrogens is 311 g/mol. The fraction of sp³-hybridized carbons (Fsp3) is 0.562. The van der Waals surface area contributed by atoms with Gasteiger partial charge in [-0.25, -0.2) is 0 Å². The summed E-state index contributed by atoms with van der Waals surface area (Å²) in [6.45, 7) is 1.63. The van der Waals surface area contributed by atoms with Crippen molar-refractivity contribution < 1.29 is 27.8 Å². The van der Waals surface area contributed by atoms with Crippen LogP contribution in [0, 0.1) is 12.8 Å². The number of amides is 1. The topological polar surface area (TPSA) is 49.8 Å². The minimum absolute atomic E-state index is 0.00440. The van der Waals surface area contributed by atoms with Crippen LogP contribution in [0.4, 0.5) is 13.2 Å². The zero-order valence-electron chi connectivity index (χ0n) is 12.8. The van der Waals surface area contributed by atoms with Gasteiger partial charge in [0.15, 0.2) is 6.10 Å². The Balaban J connectivity index is 1.83. The highest BCUT2D eigenvalue weighted by Crippen LogP contribution is 2.34. The molecule has 1 atom stereocenters. The molecule has 1 aliphatic rings. The number of carbonyl (C=O) groups excluding carboxylic acids is 1. The van der Waals surface area contributed by atoms with E-state index in [9.17, 15) is 23.1 Å². The van der Waals surface area contributed by atoms with Crippen molar-refractivity contribution in [3.05, 3.63) is 29.8 Å². The van der Waals surface area contributed by atoms with Crippen molar-refractivity contribution in [1.82, 2.24) is 4.90 Å². The van der Waals surface area contributed by atoms with E-state index in [2.05, 4.69) is 0 Å². The quantitative estimate of drug-likeness (QED) is 0.922. The number of alkyl halides is 3. The predicted molar refractivity (Wildman–Crippen MR) is 78.0 cm³/mol. The van der Waals surface area contributed by atoms with Gasteiger partial charge in [-0.15, -0.1) is 0 Å². The normalized spacial score (nSPS) is 17.9. The lowest BCUT2D eigenvalue weighted by Gasteiger charge is -2.33. The van der Waals surface area contributed by atoms with E-state index in [4.69, 9.17) is 4.74 Å². The largest absolute Gasteiger partial charge is 0.490 e. The molecule has 0 saturated carbocycles. The van der Waals surface area contributed by atoms with Crippen molar-refractivity contribution in [2.75, 3.05) is 19.7 Å². The van der Waals surface area contributed by atoms with Crippen molar-refractivity contribution in [3.8, 4) is 5.75 Å². The Hall–Kier alpha value is -1.76. The Bertz CT molecular complexity index is 540. The third kappa shape index (κ3) is 4.60. The number of hydrogen-bond donors (Lipinski definition) is 1. The predicted octanol–water partition coefficient (Wildman–Crippen LogP) is 2.54. The summed E-state index contributed by atoms with van der Waals surface area (Å²) in [5.74, 6) is -1.39. The summed E-state index contributed by atoms with van der Waals surface area (Å²) in [5, 5.41) is 9.91. The Kier molecular flexibility index (Phi) is 5.51. The van der Waals surface area contributed by atoms with Gasteiger partial charge in [-0.05, 0) is 31.4 Å². The zero-order valence-corrected chi connectivity index (χ0v) is 12.8. The molecule has 0 aliphatic carbocycles. The number of rotatable bonds is 4. The summed E-state index contributed by atoms with van der Waals surface area (Å²) in [7, 11) is 0. The lowest BCUT2D eigenvalue weighted by Crippen LogP contribution is -2.47. The van der Waals surface area contributed by atoms with Gasteiger partial charge in [0.1, 0.15) is 12.4 Å². The molecule has 0 radical (unpaired) electrons. The fourth-order valence-electron chi connectivity index (χ4n) is 2.60. The molecule has 1 aromatic carbocycles. The number of benzene rings is 1. The maximum Gasteiger partial charge on any atom is 0.391 e. The lowest BCUT2D eigenvalue weighted by atomic mass is 9.96. The van der Waals surface area contributed by atoms with E-state index < -0.39 is 24.1 Å². The SMILES string of the molecule is Cc1ccccc1OCC(O)C(=O)N1CCC(C(F)(F)F)CC1. The molecule has 1 heterocycles. The number of hydrogen-bond acceptors (Lipinski definition) is 3. The van der Waals surface area contributed by atoms with Crippen molar-refractivity contribution in [2.24, 2.45) is 5.92 Å². The van der Waals surface area contributed by atoms with Crippen LogP contribution in [-0.2, 0) is 4.79 Å². The first-order valence-corrected chi connectivity index (χ1v) is 7.51. The van der Waals surface area contributed by atoms with E-state index in [1.165, 1.54) is 4.90 Å². The highest BCUT2D eigenvalue weighted by Gasteiger charge is 2.42. The molecule has 1 unspecified atom stereocenters. The molecule has 1 aromatic rings. The third-order valence-electron chi connectivity index (χ3n) is 4.04. The number of carbonyl (C=O) groups is 1. The number of halogens is 3. The van der Waals surface area contributed by atoms with Gasteiger partial charge in [-0.2, -0.15) is 13.2 Å². The summed E-state index contributed by atoms with van der Waals surface area (Å²) in [6, 6.07) is 7.18. The van der Waals surface area contributed by atoms with Gasteiger partial charge in [-0.1, -0.05) is 18.2 Å². The van der Waals surface area contributed by atoms with Crippen LogP contribution in [0.25, 0.3) is 0 Å². The standard InChI is InChI=1S/C16H20F3NO3/c1-11-4-2-3-5-14(11)23-10-13(21)15(22)20-8-6-12(7-9-20)16(17,18)19/h2-5,12-13,21H,6-10H2,1H3. The van der Waals surface area contributed by atoms with Gasteiger partial charge >= 0.3 is 6.18 Å². The molecular formula is C16H20F3NO3. The molecule has 1 amide bonds. The second-order valence-corrected chi connectivity index (χ2v) is 5.73. The number of nitrogens with zero attached hydrogens (tertiary/aromatic N) is 1. The van der Waals surface area contributed by atoms with Gasteiger partial charge < -0.3 is 14.7 Å². The molecule has 7 heteroatoms. The number of likely N-dealkylation sites (tertiary alicyclic amines) is 1. The van der Waals surface area contributed by atoms with Crippen LogP contribution in [0.5, 0.6) is 5.75 Å². The van der Waals surface area contributed by atoms with Gasteiger partial charge in [0.2, 0.25) is 0 Å². The Labute approximate surface area is 132 Å². The summed E-state index contributed by atoms with van der Waals surface area (Å²) < 4.78 is 43.2. The first-order valence-electron chi connectivity index (χ1n) is 7.51. The molecule has 1 N–H and O–H groups in total. The third-order valence-corrected chi connectivity index (χ3v) is 4.04. The van der Waals surface area contributed by atoms with Gasteiger partial charge in [-0.3, -0.25) is 4.79 Å². The van der Waals surface area contributed by atoms with Gasteiger partial charge in [0.25, 0.3) is 5.91 Å². The van der Waals surface area contributed by atoms with Crippen LogP contribution in [0.3, 0.4) is 0 Å². The zero-order chi connectivity index (χ0) is 17.0. The first-order chi connectivity index (χ1) is 10.8. The minimum atomic E-state index is -4.22. The van der Waals surface area contributed by atoms with Gasteiger partial charge in [0, 0.05) is 13.1 Å². The Morgan fingerprint density at radius 2 is 1.96 bits per heavy atom. The maximum absolute atomic E-state index is 12.6. The molecule has 1 saturated heterocycles. The number of piperidine rings is 1. The number of ether oxygens (including phenoxy) is 1. The van der Waals surface area contributed by atoms with E-state index in [-0.39, 0.29) is 32.5 Å². The smallest absolute Gasteiger partial charge is 0.391 e. The van der Waals surface area contributed by atoms with E-state index in [1.807, 2.05) is 19.1 Å². The van der Waals surface area contributed by atoms with Gasteiger partial charge in [0.05, 0.1) is 5.92 Å².